The van der Waals surface area contributed by atoms with E-state index in [4.69, 9.17) is 0 Å². The fraction of sp³-hybridized carbons (Fsp3) is 0.375. The molecule has 3 nitrogen and oxygen atoms in total. The Morgan fingerprint density at radius 2 is 2.00 bits per heavy atom. The minimum atomic E-state index is -0.318. The van der Waals surface area contributed by atoms with Crippen molar-refractivity contribution in [2.75, 3.05) is 0 Å². The lowest BCUT2D eigenvalue weighted by molar-refractivity contribution is -0.110. The Bertz CT molecular complexity index is 267. The third-order valence-corrected chi connectivity index (χ3v) is 2.03. The standard InChI is InChI=1S/C8H8N2O/c11-6-8(2-3-8)7-9-4-1-5-10-7/h1,4-6H,2-3H2. The van der Waals surface area contributed by atoms with Crippen LogP contribution in [0.15, 0.2) is 18.5 Å². The molecule has 1 fully saturated rings. The van der Waals surface area contributed by atoms with E-state index in [9.17, 15) is 4.79 Å². The number of carbonyl (C=O) groups is 1. The van der Waals surface area contributed by atoms with Gasteiger partial charge in [-0.1, -0.05) is 0 Å². The molecule has 0 amide bonds. The molecule has 0 atom stereocenters. The van der Waals surface area contributed by atoms with Crippen LogP contribution in [0.25, 0.3) is 0 Å². The van der Waals surface area contributed by atoms with Gasteiger partial charge in [0.25, 0.3) is 0 Å². The van der Waals surface area contributed by atoms with E-state index in [0.717, 1.165) is 19.1 Å². The Labute approximate surface area is 64.5 Å². The van der Waals surface area contributed by atoms with Gasteiger partial charge in [-0.2, -0.15) is 0 Å². The number of hydrogen-bond donors (Lipinski definition) is 0. The molecule has 1 heterocycles. The fourth-order valence-electron chi connectivity index (χ4n) is 1.09. The second-order valence-corrected chi connectivity index (χ2v) is 2.85. The van der Waals surface area contributed by atoms with Gasteiger partial charge in [0, 0.05) is 12.4 Å². The Hall–Kier alpha value is -1.25. The SMILES string of the molecule is O=CC1(c2ncccn2)CC1. The molecule has 2 rings (SSSR count). The van der Waals surface area contributed by atoms with Crippen LogP contribution in [0.1, 0.15) is 18.7 Å². The summed E-state index contributed by atoms with van der Waals surface area (Å²) in [6.45, 7) is 0. The van der Waals surface area contributed by atoms with E-state index in [0.29, 0.717) is 5.82 Å². The number of nitrogens with zero attached hydrogens (tertiary/aromatic N) is 2. The molecule has 0 unspecified atom stereocenters. The average Bonchev–Trinajstić information content (AvgIpc) is 2.86. The Kier molecular flexibility index (Phi) is 1.24. The molecular formula is C8H8N2O. The second-order valence-electron chi connectivity index (χ2n) is 2.85. The third-order valence-electron chi connectivity index (χ3n) is 2.03. The third kappa shape index (κ3) is 0.926. The molecule has 1 aromatic rings. The highest BCUT2D eigenvalue weighted by atomic mass is 16.1. The molecule has 1 aromatic heterocycles. The van der Waals surface area contributed by atoms with Gasteiger partial charge in [-0.15, -0.1) is 0 Å². The van der Waals surface area contributed by atoms with E-state index in [2.05, 4.69) is 9.97 Å². The fourth-order valence-corrected chi connectivity index (χ4v) is 1.09. The van der Waals surface area contributed by atoms with Gasteiger partial charge < -0.3 is 4.79 Å². The first-order valence-corrected chi connectivity index (χ1v) is 3.61. The lowest BCUT2D eigenvalue weighted by atomic mass is 10.1. The molecule has 1 aliphatic carbocycles. The van der Waals surface area contributed by atoms with Crippen molar-refractivity contribution in [1.82, 2.24) is 9.97 Å². The zero-order chi connectivity index (χ0) is 7.73. The lowest BCUT2D eigenvalue weighted by Crippen LogP contribution is -2.11. The maximum absolute atomic E-state index is 10.6. The summed E-state index contributed by atoms with van der Waals surface area (Å²) in [7, 11) is 0. The normalized spacial score (nSPS) is 19.3. The van der Waals surface area contributed by atoms with Crippen LogP contribution in [0.3, 0.4) is 0 Å². The van der Waals surface area contributed by atoms with Gasteiger partial charge in [-0.05, 0) is 18.9 Å². The molecule has 0 N–H and O–H groups in total. The largest absolute Gasteiger partial charge is 0.302 e. The molecule has 0 bridgehead atoms. The van der Waals surface area contributed by atoms with Crippen LogP contribution >= 0.6 is 0 Å². The monoisotopic (exact) mass is 148 g/mol. The van der Waals surface area contributed by atoms with E-state index in [1.165, 1.54) is 0 Å². The van der Waals surface area contributed by atoms with Crippen molar-refractivity contribution in [3.05, 3.63) is 24.3 Å². The van der Waals surface area contributed by atoms with Crippen molar-refractivity contribution >= 4 is 6.29 Å². The summed E-state index contributed by atoms with van der Waals surface area (Å²) in [5.74, 6) is 0.676. The molecule has 0 aliphatic heterocycles. The summed E-state index contributed by atoms with van der Waals surface area (Å²) >= 11 is 0. The topological polar surface area (TPSA) is 42.9 Å². The van der Waals surface area contributed by atoms with Crippen LogP contribution in [-0.2, 0) is 10.2 Å². The number of aromatic nitrogens is 2. The highest BCUT2D eigenvalue weighted by Gasteiger charge is 2.46. The van der Waals surface area contributed by atoms with Gasteiger partial charge >= 0.3 is 0 Å². The van der Waals surface area contributed by atoms with Crippen molar-refractivity contribution in [1.29, 1.82) is 0 Å². The smallest absolute Gasteiger partial charge is 0.141 e. The van der Waals surface area contributed by atoms with Crippen LogP contribution in [0.2, 0.25) is 0 Å². The average molecular weight is 148 g/mol. The lowest BCUT2D eigenvalue weighted by Gasteiger charge is -2.01. The summed E-state index contributed by atoms with van der Waals surface area (Å²) < 4.78 is 0. The van der Waals surface area contributed by atoms with E-state index in [1.54, 1.807) is 18.5 Å². The summed E-state index contributed by atoms with van der Waals surface area (Å²) in [6, 6.07) is 1.75. The maximum Gasteiger partial charge on any atom is 0.141 e. The first kappa shape index (κ1) is 6.46. The van der Waals surface area contributed by atoms with Gasteiger partial charge in [-0.3, -0.25) is 0 Å². The highest BCUT2D eigenvalue weighted by Crippen LogP contribution is 2.43. The Balaban J connectivity index is 2.37. The molecule has 0 spiro atoms. The summed E-state index contributed by atoms with van der Waals surface area (Å²) in [5, 5.41) is 0. The summed E-state index contributed by atoms with van der Waals surface area (Å²) in [5.41, 5.74) is -0.318. The number of carbonyl (C=O) groups excluding carboxylic acids is 1. The first-order chi connectivity index (χ1) is 5.37. The number of rotatable bonds is 2. The van der Waals surface area contributed by atoms with Crippen LogP contribution in [-0.4, -0.2) is 16.3 Å². The van der Waals surface area contributed by atoms with E-state index >= 15 is 0 Å². The summed E-state index contributed by atoms with van der Waals surface area (Å²) in [6.07, 6.45) is 6.11. The molecule has 3 heteroatoms. The summed E-state index contributed by atoms with van der Waals surface area (Å²) in [4.78, 5) is 18.7. The molecule has 56 valence electrons. The molecule has 1 aliphatic rings. The van der Waals surface area contributed by atoms with Crippen molar-refractivity contribution < 1.29 is 4.79 Å². The maximum atomic E-state index is 10.6. The van der Waals surface area contributed by atoms with Crippen LogP contribution in [0, 0.1) is 0 Å². The molecular weight excluding hydrogens is 140 g/mol. The molecule has 1 saturated carbocycles. The van der Waals surface area contributed by atoms with Crippen molar-refractivity contribution in [2.45, 2.75) is 18.3 Å². The molecule has 0 aromatic carbocycles. The predicted octanol–water partition coefficient (Wildman–Crippen LogP) is 0.707. The van der Waals surface area contributed by atoms with E-state index in [-0.39, 0.29) is 5.41 Å². The predicted molar refractivity (Wildman–Crippen MR) is 39.0 cm³/mol. The molecule has 11 heavy (non-hydrogen) atoms. The minimum Gasteiger partial charge on any atom is -0.302 e. The number of hydrogen-bond acceptors (Lipinski definition) is 3. The zero-order valence-corrected chi connectivity index (χ0v) is 6.03. The van der Waals surface area contributed by atoms with Crippen molar-refractivity contribution in [3.63, 3.8) is 0 Å². The zero-order valence-electron chi connectivity index (χ0n) is 6.03. The van der Waals surface area contributed by atoms with Crippen molar-refractivity contribution in [3.8, 4) is 0 Å². The van der Waals surface area contributed by atoms with Gasteiger partial charge in [0.05, 0.1) is 5.41 Å². The van der Waals surface area contributed by atoms with Crippen LogP contribution in [0.5, 0.6) is 0 Å². The molecule has 0 saturated heterocycles. The van der Waals surface area contributed by atoms with Crippen LogP contribution < -0.4 is 0 Å². The van der Waals surface area contributed by atoms with Gasteiger partial charge in [0.15, 0.2) is 0 Å². The minimum absolute atomic E-state index is 0.318. The first-order valence-electron chi connectivity index (χ1n) is 3.61. The van der Waals surface area contributed by atoms with E-state index < -0.39 is 0 Å². The van der Waals surface area contributed by atoms with Gasteiger partial charge in [-0.25, -0.2) is 9.97 Å². The van der Waals surface area contributed by atoms with Gasteiger partial charge in [0.1, 0.15) is 12.1 Å². The van der Waals surface area contributed by atoms with E-state index in [1.807, 2.05) is 0 Å². The van der Waals surface area contributed by atoms with Gasteiger partial charge in [0.2, 0.25) is 0 Å². The van der Waals surface area contributed by atoms with Crippen LogP contribution in [0.4, 0.5) is 0 Å². The quantitative estimate of drug-likeness (QED) is 0.580. The Morgan fingerprint density at radius 1 is 1.36 bits per heavy atom. The second kappa shape index (κ2) is 2.12. The highest BCUT2D eigenvalue weighted by molar-refractivity contribution is 5.70. The molecule has 0 radical (unpaired) electrons. The van der Waals surface area contributed by atoms with Crippen molar-refractivity contribution in [2.24, 2.45) is 0 Å². The number of aldehydes is 1. The Morgan fingerprint density at radius 3 is 2.45 bits per heavy atom.